The van der Waals surface area contributed by atoms with Crippen LogP contribution in [0.2, 0.25) is 0 Å². The summed E-state index contributed by atoms with van der Waals surface area (Å²) in [4.78, 5) is 30.1. The van der Waals surface area contributed by atoms with Crippen LogP contribution in [0.25, 0.3) is 0 Å². The molecule has 2 aromatic carbocycles. The van der Waals surface area contributed by atoms with Gasteiger partial charge in [0.2, 0.25) is 11.8 Å². The first-order valence-electron chi connectivity index (χ1n) is 8.78. The number of benzene rings is 2. The van der Waals surface area contributed by atoms with Gasteiger partial charge in [0.1, 0.15) is 0 Å². The Kier molecular flexibility index (Phi) is 4.73. The number of nitrogens with zero attached hydrogens (tertiary/aromatic N) is 1. The number of nitrogens with one attached hydrogen (secondary N) is 2. The fourth-order valence-electron chi connectivity index (χ4n) is 3.31. The predicted molar refractivity (Wildman–Crippen MR) is 107 cm³/mol. The molecule has 1 aliphatic heterocycles. The molecule has 0 radical (unpaired) electrons. The second-order valence-corrected chi connectivity index (χ2v) is 7.79. The summed E-state index contributed by atoms with van der Waals surface area (Å²) in [6, 6.07) is 15.8. The number of aromatic nitrogens is 1. The van der Waals surface area contributed by atoms with Crippen LogP contribution in [0.4, 0.5) is 10.8 Å². The molecule has 0 aliphatic carbocycles. The highest BCUT2D eigenvalue weighted by atomic mass is 32.1. The van der Waals surface area contributed by atoms with Crippen LogP contribution in [-0.2, 0) is 16.0 Å². The molecule has 5 nitrogen and oxygen atoms in total. The minimum Gasteiger partial charge on any atom is -0.326 e. The van der Waals surface area contributed by atoms with Crippen molar-refractivity contribution in [2.45, 2.75) is 25.7 Å². The average molecular weight is 377 g/mol. The molecule has 1 unspecified atom stereocenters. The number of rotatable bonds is 4. The van der Waals surface area contributed by atoms with E-state index in [9.17, 15) is 9.59 Å². The Morgan fingerprint density at radius 2 is 2.11 bits per heavy atom. The maximum absolute atomic E-state index is 12.8. The fourth-order valence-corrected chi connectivity index (χ4v) is 4.16. The van der Waals surface area contributed by atoms with Crippen molar-refractivity contribution in [2.75, 3.05) is 10.6 Å². The lowest BCUT2D eigenvalue weighted by atomic mass is 9.90. The summed E-state index contributed by atoms with van der Waals surface area (Å²) in [5, 5.41) is 6.25. The third-order valence-corrected chi connectivity index (χ3v) is 5.47. The third kappa shape index (κ3) is 3.90. The van der Waals surface area contributed by atoms with Crippen molar-refractivity contribution in [1.29, 1.82) is 0 Å². The standard InChI is InChI=1S/C21H19N3O2S/c1-13-5-4-6-14(9-13)10-15-12-22-21(27-15)24-20(26)17-11-19(25)23-18-8-3-2-7-16(17)18/h2-9,12,17H,10-11H2,1H3,(H,23,25)(H,22,24,26). The van der Waals surface area contributed by atoms with Crippen molar-refractivity contribution >= 4 is 34.0 Å². The van der Waals surface area contributed by atoms with Crippen LogP contribution in [0.1, 0.15) is 33.9 Å². The van der Waals surface area contributed by atoms with Gasteiger partial charge in [0, 0.05) is 29.6 Å². The molecular weight excluding hydrogens is 358 g/mol. The number of carbonyl (C=O) groups excluding carboxylic acids is 2. The van der Waals surface area contributed by atoms with Crippen LogP contribution in [0.15, 0.2) is 54.7 Å². The van der Waals surface area contributed by atoms with Gasteiger partial charge < -0.3 is 10.6 Å². The molecule has 2 N–H and O–H groups in total. The molecule has 2 amide bonds. The van der Waals surface area contributed by atoms with E-state index in [-0.39, 0.29) is 18.2 Å². The smallest absolute Gasteiger partial charge is 0.234 e. The topological polar surface area (TPSA) is 71.1 Å². The van der Waals surface area contributed by atoms with Crippen LogP contribution in [0, 0.1) is 6.92 Å². The summed E-state index contributed by atoms with van der Waals surface area (Å²) in [6.07, 6.45) is 2.72. The van der Waals surface area contributed by atoms with E-state index in [0.29, 0.717) is 10.8 Å². The second-order valence-electron chi connectivity index (χ2n) is 6.68. The predicted octanol–water partition coefficient (Wildman–Crippen LogP) is 4.11. The van der Waals surface area contributed by atoms with Gasteiger partial charge in [-0.15, -0.1) is 11.3 Å². The third-order valence-electron chi connectivity index (χ3n) is 4.56. The second kappa shape index (κ2) is 7.32. The summed E-state index contributed by atoms with van der Waals surface area (Å²) in [5.74, 6) is -0.846. The van der Waals surface area contributed by atoms with Crippen molar-refractivity contribution in [3.8, 4) is 0 Å². The molecule has 0 saturated carbocycles. The Hall–Kier alpha value is -2.99. The van der Waals surface area contributed by atoms with Crippen molar-refractivity contribution < 1.29 is 9.59 Å². The SMILES string of the molecule is Cc1cccc(Cc2cnc(NC(=O)C3CC(=O)Nc4ccccc43)s2)c1. The zero-order valence-corrected chi connectivity index (χ0v) is 15.7. The molecule has 0 fully saturated rings. The number of carbonyl (C=O) groups is 2. The lowest BCUT2D eigenvalue weighted by molar-refractivity contribution is -0.123. The molecule has 136 valence electrons. The highest BCUT2D eigenvalue weighted by molar-refractivity contribution is 7.15. The van der Waals surface area contributed by atoms with Gasteiger partial charge in [-0.1, -0.05) is 48.0 Å². The number of anilines is 2. The molecule has 4 rings (SSSR count). The zero-order valence-electron chi connectivity index (χ0n) is 14.9. The molecule has 3 aromatic rings. The van der Waals surface area contributed by atoms with Crippen molar-refractivity contribution in [2.24, 2.45) is 0 Å². The first-order valence-corrected chi connectivity index (χ1v) is 9.60. The van der Waals surface area contributed by atoms with Gasteiger partial charge in [-0.2, -0.15) is 0 Å². The molecule has 2 heterocycles. The maximum Gasteiger partial charge on any atom is 0.234 e. The number of amides is 2. The van der Waals surface area contributed by atoms with Crippen LogP contribution in [0.3, 0.4) is 0 Å². The molecule has 0 spiro atoms. The van der Waals surface area contributed by atoms with Gasteiger partial charge in [0.15, 0.2) is 5.13 Å². The molecule has 27 heavy (non-hydrogen) atoms. The number of para-hydroxylation sites is 1. The summed E-state index contributed by atoms with van der Waals surface area (Å²) >= 11 is 1.46. The van der Waals surface area contributed by atoms with E-state index in [1.807, 2.05) is 30.3 Å². The van der Waals surface area contributed by atoms with Gasteiger partial charge >= 0.3 is 0 Å². The van der Waals surface area contributed by atoms with Crippen molar-refractivity contribution in [3.63, 3.8) is 0 Å². The largest absolute Gasteiger partial charge is 0.326 e. The molecule has 0 bridgehead atoms. The van der Waals surface area contributed by atoms with E-state index in [2.05, 4.69) is 40.7 Å². The Morgan fingerprint density at radius 1 is 1.26 bits per heavy atom. The van der Waals surface area contributed by atoms with E-state index >= 15 is 0 Å². The Balaban J connectivity index is 1.48. The number of fused-ring (bicyclic) bond motifs is 1. The fraction of sp³-hybridized carbons (Fsp3) is 0.190. The number of aryl methyl sites for hydroxylation is 1. The highest BCUT2D eigenvalue weighted by Crippen LogP contribution is 2.33. The van der Waals surface area contributed by atoms with E-state index < -0.39 is 5.92 Å². The van der Waals surface area contributed by atoms with Gasteiger partial charge in [0.05, 0.1) is 5.92 Å². The van der Waals surface area contributed by atoms with Crippen molar-refractivity contribution in [1.82, 2.24) is 4.98 Å². The van der Waals surface area contributed by atoms with Crippen LogP contribution < -0.4 is 10.6 Å². The van der Waals surface area contributed by atoms with E-state index in [4.69, 9.17) is 0 Å². The summed E-state index contributed by atoms with van der Waals surface area (Å²) in [7, 11) is 0. The van der Waals surface area contributed by atoms with Crippen LogP contribution in [-0.4, -0.2) is 16.8 Å². The van der Waals surface area contributed by atoms with Gasteiger partial charge in [-0.25, -0.2) is 4.98 Å². The molecule has 1 aliphatic rings. The highest BCUT2D eigenvalue weighted by Gasteiger charge is 2.30. The molecule has 6 heteroatoms. The molecule has 1 aromatic heterocycles. The number of hydrogen-bond donors (Lipinski definition) is 2. The minimum absolute atomic E-state index is 0.143. The normalized spacial score (nSPS) is 15.7. The van der Waals surface area contributed by atoms with E-state index in [0.717, 1.165) is 16.9 Å². The Labute approximate surface area is 161 Å². The Bertz CT molecular complexity index is 1010. The lowest BCUT2D eigenvalue weighted by Crippen LogP contribution is -2.30. The monoisotopic (exact) mass is 377 g/mol. The molecular formula is C21H19N3O2S. The summed E-state index contributed by atoms with van der Waals surface area (Å²) in [6.45, 7) is 2.07. The molecule has 0 saturated heterocycles. The quantitative estimate of drug-likeness (QED) is 0.719. The van der Waals surface area contributed by atoms with Crippen LogP contribution in [0.5, 0.6) is 0 Å². The first-order chi connectivity index (χ1) is 13.1. The summed E-state index contributed by atoms with van der Waals surface area (Å²) in [5.41, 5.74) is 3.98. The molecule has 1 atom stereocenters. The van der Waals surface area contributed by atoms with Gasteiger partial charge in [0.25, 0.3) is 0 Å². The lowest BCUT2D eigenvalue weighted by Gasteiger charge is -2.24. The minimum atomic E-state index is -0.501. The Morgan fingerprint density at radius 3 is 2.96 bits per heavy atom. The number of thiazole rings is 1. The average Bonchev–Trinajstić information content (AvgIpc) is 3.07. The maximum atomic E-state index is 12.8. The summed E-state index contributed by atoms with van der Waals surface area (Å²) < 4.78 is 0. The zero-order chi connectivity index (χ0) is 18.8. The van der Waals surface area contributed by atoms with Gasteiger partial charge in [-0.05, 0) is 24.1 Å². The first kappa shape index (κ1) is 17.4. The number of hydrogen-bond acceptors (Lipinski definition) is 4. The van der Waals surface area contributed by atoms with Crippen LogP contribution >= 0.6 is 11.3 Å². The van der Waals surface area contributed by atoms with Gasteiger partial charge in [-0.3, -0.25) is 9.59 Å². The van der Waals surface area contributed by atoms with E-state index in [1.165, 1.54) is 22.5 Å². The van der Waals surface area contributed by atoms with E-state index in [1.54, 1.807) is 6.20 Å². The van der Waals surface area contributed by atoms with Crippen molar-refractivity contribution in [3.05, 3.63) is 76.3 Å².